The highest BCUT2D eigenvalue weighted by Crippen LogP contribution is 2.35. The van der Waals surface area contributed by atoms with Gasteiger partial charge in [0, 0.05) is 12.4 Å². The van der Waals surface area contributed by atoms with Crippen LogP contribution in [0.5, 0.6) is 5.75 Å². The first kappa shape index (κ1) is 20.5. The van der Waals surface area contributed by atoms with Crippen molar-refractivity contribution in [3.8, 4) is 5.75 Å². The Morgan fingerprint density at radius 2 is 1.76 bits per heavy atom. The second-order valence-electron chi connectivity index (χ2n) is 7.24. The highest BCUT2D eigenvalue weighted by atomic mass is 16.5. The molecule has 29 heavy (non-hydrogen) atoms. The number of aliphatic hydroxyl groups is 1. The summed E-state index contributed by atoms with van der Waals surface area (Å²) in [5.74, 6) is 0.174. The maximum absolute atomic E-state index is 12.5. The average Bonchev–Trinajstić information content (AvgIpc) is 2.77. The molecule has 1 heterocycles. The fraction of sp³-hybridized carbons (Fsp3) is 0.261. The van der Waals surface area contributed by atoms with Gasteiger partial charge in [0.15, 0.2) is 0 Å². The van der Waals surface area contributed by atoms with Gasteiger partial charge in [0.05, 0.1) is 23.4 Å². The van der Waals surface area contributed by atoms with E-state index in [-0.39, 0.29) is 6.61 Å². The molecule has 0 saturated heterocycles. The number of ether oxygens (including phenoxy) is 2. The predicted molar refractivity (Wildman–Crippen MR) is 108 cm³/mol. The molecule has 0 fully saturated rings. The molecule has 2 aromatic carbocycles. The summed E-state index contributed by atoms with van der Waals surface area (Å²) in [6.45, 7) is 3.77. The molecule has 0 spiro atoms. The maximum atomic E-state index is 12.5. The molecule has 0 radical (unpaired) electrons. The molecule has 0 saturated carbocycles. The lowest BCUT2D eigenvalue weighted by atomic mass is 9.82. The molecule has 1 atom stereocenters. The van der Waals surface area contributed by atoms with Crippen LogP contribution >= 0.6 is 0 Å². The third kappa shape index (κ3) is 5.39. The Kier molecular flexibility index (Phi) is 6.57. The van der Waals surface area contributed by atoms with Crippen LogP contribution in [0.1, 0.15) is 36.8 Å². The van der Waals surface area contributed by atoms with Gasteiger partial charge in [-0.25, -0.2) is 0 Å². The Labute approximate surface area is 170 Å². The van der Waals surface area contributed by atoms with E-state index in [4.69, 9.17) is 9.47 Å². The number of esters is 1. The second kappa shape index (κ2) is 9.30. The lowest BCUT2D eigenvalue weighted by Crippen LogP contribution is -2.33. The van der Waals surface area contributed by atoms with Gasteiger partial charge in [-0.1, -0.05) is 42.5 Å². The molecule has 0 aliphatic carbocycles. The van der Waals surface area contributed by atoms with E-state index < -0.39 is 17.5 Å². The number of benzene rings is 2. The zero-order valence-corrected chi connectivity index (χ0v) is 16.5. The topological polar surface area (TPSA) is 81.5 Å². The number of aromatic nitrogens is 2. The van der Waals surface area contributed by atoms with Gasteiger partial charge < -0.3 is 14.6 Å². The molecule has 0 aliphatic rings. The number of carbonyl (C=O) groups excluding carboxylic acids is 1. The Hall–Kier alpha value is -3.25. The van der Waals surface area contributed by atoms with Gasteiger partial charge in [-0.15, -0.1) is 0 Å². The zero-order valence-electron chi connectivity index (χ0n) is 16.5. The van der Waals surface area contributed by atoms with E-state index in [0.29, 0.717) is 23.6 Å². The molecule has 150 valence electrons. The molecule has 0 amide bonds. The first-order valence-electron chi connectivity index (χ1n) is 9.33. The van der Waals surface area contributed by atoms with E-state index in [1.807, 2.05) is 30.3 Å². The number of aliphatic hydroxyl groups excluding tert-OH is 1. The largest absolute Gasteiger partial charge is 0.489 e. The van der Waals surface area contributed by atoms with E-state index in [1.54, 1.807) is 44.3 Å². The van der Waals surface area contributed by atoms with Crippen molar-refractivity contribution < 1.29 is 19.4 Å². The lowest BCUT2D eigenvalue weighted by Gasteiger charge is -2.28. The van der Waals surface area contributed by atoms with Crippen LogP contribution in [0.2, 0.25) is 0 Å². The Bertz CT molecular complexity index is 913. The highest BCUT2D eigenvalue weighted by Gasteiger charge is 2.38. The molecular weight excluding hydrogens is 368 g/mol. The van der Waals surface area contributed by atoms with E-state index in [1.165, 1.54) is 12.4 Å². The van der Waals surface area contributed by atoms with Crippen LogP contribution in [-0.4, -0.2) is 21.0 Å². The van der Waals surface area contributed by atoms with Gasteiger partial charge in [0.1, 0.15) is 19.0 Å². The van der Waals surface area contributed by atoms with Crippen LogP contribution in [0.4, 0.5) is 0 Å². The van der Waals surface area contributed by atoms with Crippen molar-refractivity contribution in [3.63, 3.8) is 0 Å². The summed E-state index contributed by atoms with van der Waals surface area (Å²) in [4.78, 5) is 20.5. The molecular formula is C23H24N2O4. The Morgan fingerprint density at radius 1 is 1.03 bits per heavy atom. The number of nitrogens with zero attached hydrogens (tertiary/aromatic N) is 2. The van der Waals surface area contributed by atoms with Gasteiger partial charge >= 0.3 is 5.97 Å². The average molecular weight is 392 g/mol. The van der Waals surface area contributed by atoms with Crippen molar-refractivity contribution in [2.24, 2.45) is 5.41 Å². The quantitative estimate of drug-likeness (QED) is 0.586. The summed E-state index contributed by atoms with van der Waals surface area (Å²) in [5, 5.41) is 10.7. The summed E-state index contributed by atoms with van der Waals surface area (Å²) >= 11 is 0. The fourth-order valence-electron chi connectivity index (χ4n) is 2.75. The minimum Gasteiger partial charge on any atom is -0.489 e. The monoisotopic (exact) mass is 392 g/mol. The number of hydrogen-bond donors (Lipinski definition) is 1. The molecule has 1 N–H and O–H groups in total. The maximum Gasteiger partial charge on any atom is 0.314 e. The molecule has 1 aromatic heterocycles. The summed E-state index contributed by atoms with van der Waals surface area (Å²) in [6.07, 6.45) is 3.59. The van der Waals surface area contributed by atoms with E-state index in [9.17, 15) is 9.90 Å². The fourth-order valence-corrected chi connectivity index (χ4v) is 2.75. The summed E-state index contributed by atoms with van der Waals surface area (Å²) in [5.41, 5.74) is 1.10. The predicted octanol–water partition coefficient (Wildman–Crippen LogP) is 3.86. The first-order valence-corrected chi connectivity index (χ1v) is 9.33. The van der Waals surface area contributed by atoms with Crippen LogP contribution in [0.3, 0.4) is 0 Å². The van der Waals surface area contributed by atoms with Gasteiger partial charge in [0.2, 0.25) is 0 Å². The highest BCUT2D eigenvalue weighted by molar-refractivity contribution is 5.77. The van der Waals surface area contributed by atoms with Crippen LogP contribution in [0.25, 0.3) is 0 Å². The Morgan fingerprint density at radius 3 is 2.41 bits per heavy atom. The summed E-state index contributed by atoms with van der Waals surface area (Å²) in [7, 11) is 0. The van der Waals surface area contributed by atoms with Crippen molar-refractivity contribution in [1.82, 2.24) is 9.97 Å². The van der Waals surface area contributed by atoms with Gasteiger partial charge in [-0.3, -0.25) is 14.8 Å². The molecule has 3 rings (SSSR count). The summed E-state index contributed by atoms with van der Waals surface area (Å²) in [6, 6.07) is 16.9. The SMILES string of the molecule is CC(C)(C(=O)OCc1cnccn1)C(O)c1ccc(OCc2ccccc2)cc1. The van der Waals surface area contributed by atoms with E-state index >= 15 is 0 Å². The van der Waals surface area contributed by atoms with Crippen molar-refractivity contribution in [2.75, 3.05) is 0 Å². The minimum atomic E-state index is -1.13. The standard InChI is InChI=1S/C23H24N2O4/c1-23(2,22(27)29-16-19-14-24-12-13-25-19)21(26)18-8-10-20(11-9-18)28-15-17-6-4-3-5-7-17/h3-14,21,26H,15-16H2,1-2H3. The number of hydrogen-bond acceptors (Lipinski definition) is 6. The molecule has 0 bridgehead atoms. The van der Waals surface area contributed by atoms with Crippen molar-refractivity contribution in [1.29, 1.82) is 0 Å². The third-order valence-corrected chi connectivity index (χ3v) is 4.62. The third-order valence-electron chi connectivity index (χ3n) is 4.62. The van der Waals surface area contributed by atoms with Gasteiger partial charge in [-0.05, 0) is 37.1 Å². The molecule has 0 aliphatic heterocycles. The van der Waals surface area contributed by atoms with Crippen LogP contribution in [-0.2, 0) is 22.7 Å². The molecule has 1 unspecified atom stereocenters. The van der Waals surface area contributed by atoms with Crippen LogP contribution < -0.4 is 4.74 Å². The van der Waals surface area contributed by atoms with Crippen LogP contribution in [0.15, 0.2) is 73.2 Å². The van der Waals surface area contributed by atoms with E-state index in [0.717, 1.165) is 5.56 Å². The summed E-state index contributed by atoms with van der Waals surface area (Å²) < 4.78 is 11.1. The normalized spacial score (nSPS) is 12.2. The van der Waals surface area contributed by atoms with E-state index in [2.05, 4.69) is 9.97 Å². The molecule has 6 nitrogen and oxygen atoms in total. The zero-order chi connectivity index (χ0) is 20.7. The Balaban J connectivity index is 1.58. The minimum absolute atomic E-state index is 0.00902. The van der Waals surface area contributed by atoms with Crippen molar-refractivity contribution in [3.05, 3.63) is 90.0 Å². The van der Waals surface area contributed by atoms with Crippen molar-refractivity contribution >= 4 is 5.97 Å². The van der Waals surface area contributed by atoms with Gasteiger partial charge in [-0.2, -0.15) is 0 Å². The molecule has 3 aromatic rings. The number of rotatable bonds is 8. The van der Waals surface area contributed by atoms with Crippen molar-refractivity contribution in [2.45, 2.75) is 33.2 Å². The molecule has 6 heteroatoms. The first-order chi connectivity index (χ1) is 14.0. The lowest BCUT2D eigenvalue weighted by molar-refractivity contribution is -0.162. The number of carbonyl (C=O) groups is 1. The smallest absolute Gasteiger partial charge is 0.314 e. The van der Waals surface area contributed by atoms with Crippen LogP contribution in [0, 0.1) is 5.41 Å². The second-order valence-corrected chi connectivity index (χ2v) is 7.24. The van der Waals surface area contributed by atoms with Gasteiger partial charge in [0.25, 0.3) is 0 Å².